The summed E-state index contributed by atoms with van der Waals surface area (Å²) in [5.74, 6) is 0.459. The van der Waals surface area contributed by atoms with Crippen LogP contribution < -0.4 is 10.1 Å². The van der Waals surface area contributed by atoms with Gasteiger partial charge in [-0.15, -0.1) is 0 Å². The van der Waals surface area contributed by atoms with Gasteiger partial charge in [-0.05, 0) is 65.2 Å². The van der Waals surface area contributed by atoms with E-state index in [2.05, 4.69) is 21.2 Å². The molecule has 3 aromatic carbocycles. The third-order valence-electron chi connectivity index (χ3n) is 4.38. The van der Waals surface area contributed by atoms with Crippen LogP contribution in [-0.2, 0) is 4.79 Å². The van der Waals surface area contributed by atoms with Crippen molar-refractivity contribution in [1.82, 2.24) is 0 Å². The van der Waals surface area contributed by atoms with Crippen molar-refractivity contribution >= 4 is 49.5 Å². The first-order valence-electron chi connectivity index (χ1n) is 8.62. The highest BCUT2D eigenvalue weighted by atomic mass is 79.9. The van der Waals surface area contributed by atoms with Crippen LogP contribution in [0.3, 0.4) is 0 Å². The predicted molar refractivity (Wildman–Crippen MR) is 111 cm³/mol. The Kier molecular flexibility index (Phi) is 4.62. The quantitative estimate of drug-likeness (QED) is 0.438. The molecule has 1 heterocycles. The third-order valence-corrected chi connectivity index (χ3v) is 4.97. The molecule has 0 bridgehead atoms. The molecule has 1 amide bonds. The molecule has 0 aliphatic rings. The van der Waals surface area contributed by atoms with E-state index >= 15 is 0 Å². The maximum Gasteiger partial charge on any atom is 0.262 e. The van der Waals surface area contributed by atoms with Gasteiger partial charge in [-0.2, -0.15) is 0 Å². The summed E-state index contributed by atoms with van der Waals surface area (Å²) >= 11 is 3.49. The lowest BCUT2D eigenvalue weighted by Crippen LogP contribution is -2.20. The van der Waals surface area contributed by atoms with E-state index in [0.717, 1.165) is 37.5 Å². The monoisotopic (exact) mass is 423 g/mol. The van der Waals surface area contributed by atoms with Crippen LogP contribution in [0, 0.1) is 13.8 Å². The highest BCUT2D eigenvalue weighted by molar-refractivity contribution is 9.10. The summed E-state index contributed by atoms with van der Waals surface area (Å²) in [4.78, 5) is 12.3. The fourth-order valence-electron chi connectivity index (χ4n) is 3.22. The van der Waals surface area contributed by atoms with Crippen molar-refractivity contribution in [3.05, 3.63) is 70.2 Å². The Balaban J connectivity index is 1.49. The van der Waals surface area contributed by atoms with Crippen LogP contribution in [0.1, 0.15) is 11.1 Å². The molecule has 0 unspecified atom stereocenters. The highest BCUT2D eigenvalue weighted by Crippen LogP contribution is 2.31. The molecule has 0 fully saturated rings. The molecule has 0 radical (unpaired) electrons. The van der Waals surface area contributed by atoms with E-state index in [1.165, 1.54) is 0 Å². The number of ether oxygens (including phenoxy) is 1. The van der Waals surface area contributed by atoms with Crippen LogP contribution in [0.2, 0.25) is 0 Å². The number of hydrogen-bond acceptors (Lipinski definition) is 3. The summed E-state index contributed by atoms with van der Waals surface area (Å²) in [6.45, 7) is 3.91. The van der Waals surface area contributed by atoms with E-state index in [-0.39, 0.29) is 12.5 Å². The molecule has 1 aromatic heterocycles. The smallest absolute Gasteiger partial charge is 0.262 e. The summed E-state index contributed by atoms with van der Waals surface area (Å²) in [6.07, 6.45) is 0. The van der Waals surface area contributed by atoms with E-state index in [1.807, 2.05) is 68.4 Å². The van der Waals surface area contributed by atoms with E-state index in [0.29, 0.717) is 11.4 Å². The summed E-state index contributed by atoms with van der Waals surface area (Å²) in [5.41, 5.74) is 4.37. The number of halogens is 1. The van der Waals surface area contributed by atoms with Gasteiger partial charge < -0.3 is 14.5 Å². The van der Waals surface area contributed by atoms with Gasteiger partial charge in [0.1, 0.15) is 16.9 Å². The largest absolute Gasteiger partial charge is 0.482 e. The standard InChI is InChI=1S/C22H18BrNO3/c1-13-9-14(2)22(18(23)10-13)26-12-21(25)24-15-7-8-17-16-5-3-4-6-19(16)27-20(17)11-15/h3-11H,12H2,1-2H3,(H,24,25). The predicted octanol–water partition coefficient (Wildman–Crippen LogP) is 5.98. The number of carbonyl (C=O) groups excluding carboxylic acids is 1. The van der Waals surface area contributed by atoms with E-state index < -0.39 is 0 Å². The minimum absolute atomic E-state index is 0.0688. The summed E-state index contributed by atoms with van der Waals surface area (Å²) < 4.78 is 12.4. The van der Waals surface area contributed by atoms with Crippen LogP contribution in [0.4, 0.5) is 5.69 Å². The van der Waals surface area contributed by atoms with Crippen molar-refractivity contribution in [3.63, 3.8) is 0 Å². The zero-order chi connectivity index (χ0) is 19.0. The molecule has 0 spiro atoms. The van der Waals surface area contributed by atoms with E-state index in [9.17, 15) is 4.79 Å². The molecule has 0 aliphatic heterocycles. The van der Waals surface area contributed by atoms with Gasteiger partial charge in [-0.1, -0.05) is 24.3 Å². The molecular formula is C22H18BrNO3. The third kappa shape index (κ3) is 3.55. The van der Waals surface area contributed by atoms with Crippen LogP contribution in [0.5, 0.6) is 5.75 Å². The number of fused-ring (bicyclic) bond motifs is 3. The number of para-hydroxylation sites is 1. The van der Waals surface area contributed by atoms with Gasteiger partial charge in [0.15, 0.2) is 6.61 Å². The van der Waals surface area contributed by atoms with Gasteiger partial charge in [0.2, 0.25) is 0 Å². The first kappa shape index (κ1) is 17.6. The van der Waals surface area contributed by atoms with E-state index in [1.54, 1.807) is 0 Å². The lowest BCUT2D eigenvalue weighted by atomic mass is 10.1. The average molecular weight is 424 g/mol. The number of nitrogens with one attached hydrogen (secondary N) is 1. The Morgan fingerprint density at radius 3 is 2.63 bits per heavy atom. The van der Waals surface area contributed by atoms with Gasteiger partial charge in [-0.3, -0.25) is 4.79 Å². The first-order chi connectivity index (χ1) is 13.0. The van der Waals surface area contributed by atoms with Gasteiger partial charge in [0.25, 0.3) is 5.91 Å². The zero-order valence-electron chi connectivity index (χ0n) is 15.0. The number of carbonyl (C=O) groups is 1. The molecule has 0 aliphatic carbocycles. The van der Waals surface area contributed by atoms with Crippen LogP contribution in [0.15, 0.2) is 63.5 Å². The maximum absolute atomic E-state index is 12.3. The SMILES string of the molecule is Cc1cc(C)c(OCC(=O)Nc2ccc3c(c2)oc2ccccc23)c(Br)c1. The van der Waals surface area contributed by atoms with Crippen molar-refractivity contribution in [2.24, 2.45) is 0 Å². The molecule has 4 aromatic rings. The molecule has 4 rings (SSSR count). The van der Waals surface area contributed by atoms with Crippen molar-refractivity contribution in [2.45, 2.75) is 13.8 Å². The van der Waals surface area contributed by atoms with Gasteiger partial charge >= 0.3 is 0 Å². The van der Waals surface area contributed by atoms with Crippen molar-refractivity contribution in [2.75, 3.05) is 11.9 Å². The summed E-state index contributed by atoms with van der Waals surface area (Å²) in [7, 11) is 0. The second kappa shape index (κ2) is 7.08. The molecular weight excluding hydrogens is 406 g/mol. The number of anilines is 1. The minimum atomic E-state index is -0.225. The zero-order valence-corrected chi connectivity index (χ0v) is 16.6. The molecule has 27 heavy (non-hydrogen) atoms. The normalized spacial score (nSPS) is 11.1. The van der Waals surface area contributed by atoms with Crippen LogP contribution >= 0.6 is 15.9 Å². The molecule has 5 heteroatoms. The van der Waals surface area contributed by atoms with Crippen molar-refractivity contribution in [3.8, 4) is 5.75 Å². The lowest BCUT2D eigenvalue weighted by Gasteiger charge is -2.12. The second-order valence-corrected chi connectivity index (χ2v) is 7.39. The Labute approximate surface area is 165 Å². The number of hydrogen-bond donors (Lipinski definition) is 1. The number of amides is 1. The maximum atomic E-state index is 12.3. The fraction of sp³-hybridized carbons (Fsp3) is 0.136. The minimum Gasteiger partial charge on any atom is -0.482 e. The fourth-order valence-corrected chi connectivity index (χ4v) is 4.01. The second-order valence-electron chi connectivity index (χ2n) is 6.54. The van der Waals surface area contributed by atoms with Gasteiger partial charge in [-0.25, -0.2) is 0 Å². The van der Waals surface area contributed by atoms with Gasteiger partial charge in [0.05, 0.1) is 4.47 Å². The Morgan fingerprint density at radius 2 is 1.81 bits per heavy atom. The number of benzene rings is 3. The molecule has 1 N–H and O–H groups in total. The number of furan rings is 1. The highest BCUT2D eigenvalue weighted by Gasteiger charge is 2.11. The van der Waals surface area contributed by atoms with Crippen LogP contribution in [-0.4, -0.2) is 12.5 Å². The first-order valence-corrected chi connectivity index (χ1v) is 9.41. The summed E-state index contributed by atoms with van der Waals surface area (Å²) in [6, 6.07) is 17.5. The number of aryl methyl sites for hydroxylation is 2. The van der Waals surface area contributed by atoms with E-state index in [4.69, 9.17) is 9.15 Å². The molecule has 4 nitrogen and oxygen atoms in total. The lowest BCUT2D eigenvalue weighted by molar-refractivity contribution is -0.118. The van der Waals surface area contributed by atoms with Gasteiger partial charge in [0, 0.05) is 22.5 Å². The Bertz CT molecular complexity index is 1140. The van der Waals surface area contributed by atoms with Crippen molar-refractivity contribution in [1.29, 1.82) is 0 Å². The number of rotatable bonds is 4. The summed E-state index contributed by atoms with van der Waals surface area (Å²) in [5, 5.41) is 4.95. The van der Waals surface area contributed by atoms with Crippen LogP contribution in [0.25, 0.3) is 21.9 Å². The van der Waals surface area contributed by atoms with Crippen molar-refractivity contribution < 1.29 is 13.9 Å². The average Bonchev–Trinajstić information content (AvgIpc) is 2.98. The molecule has 0 atom stereocenters. The molecule has 0 saturated heterocycles. The molecule has 136 valence electrons. The Morgan fingerprint density at radius 1 is 1.04 bits per heavy atom. The molecule has 0 saturated carbocycles. The topological polar surface area (TPSA) is 51.5 Å². The Hall–Kier alpha value is -2.79.